The van der Waals surface area contributed by atoms with Crippen molar-refractivity contribution in [3.05, 3.63) is 5.92 Å². The molecule has 0 saturated carbocycles. The van der Waals surface area contributed by atoms with Gasteiger partial charge in [-0.1, -0.05) is 59.3 Å². The molecule has 1 heteroatoms. The zero-order valence-corrected chi connectivity index (χ0v) is 10.9. The van der Waals surface area contributed by atoms with Gasteiger partial charge in [-0.25, -0.2) is 0 Å². The Balaban J connectivity index is 3.84. The van der Waals surface area contributed by atoms with Crippen molar-refractivity contribution in [3.8, 4) is 0 Å². The van der Waals surface area contributed by atoms with E-state index in [1.807, 2.05) is 0 Å². The van der Waals surface area contributed by atoms with Gasteiger partial charge in [0.05, 0.1) is 6.10 Å². The summed E-state index contributed by atoms with van der Waals surface area (Å²) in [6.45, 7) is 6.62. The summed E-state index contributed by atoms with van der Waals surface area (Å²) in [5.74, 6) is 1.41. The highest BCUT2D eigenvalue weighted by Crippen LogP contribution is 2.25. The minimum atomic E-state index is -0.122. The van der Waals surface area contributed by atoms with Crippen molar-refractivity contribution in [2.45, 2.75) is 84.7 Å². The molecule has 1 radical (unpaired) electrons. The van der Waals surface area contributed by atoms with Crippen molar-refractivity contribution in [1.29, 1.82) is 0 Å². The molecule has 0 aliphatic rings. The highest BCUT2D eigenvalue weighted by molar-refractivity contribution is 4.96. The Hall–Kier alpha value is -0.0400. The van der Waals surface area contributed by atoms with Gasteiger partial charge in [-0.05, 0) is 19.3 Å². The topological polar surface area (TPSA) is 20.2 Å². The van der Waals surface area contributed by atoms with Crippen LogP contribution in [0.5, 0.6) is 0 Å². The first-order chi connectivity index (χ1) is 7.26. The van der Waals surface area contributed by atoms with Crippen LogP contribution in [-0.4, -0.2) is 11.2 Å². The maximum Gasteiger partial charge on any atom is 0.0602 e. The van der Waals surface area contributed by atoms with Gasteiger partial charge in [0, 0.05) is 5.92 Å². The molecule has 91 valence electrons. The second-order valence-electron chi connectivity index (χ2n) is 4.52. The molecule has 0 aromatic rings. The van der Waals surface area contributed by atoms with Crippen molar-refractivity contribution in [2.75, 3.05) is 0 Å². The summed E-state index contributed by atoms with van der Waals surface area (Å²) in [6, 6.07) is 0. The normalized spacial score (nSPS) is 13.4. The first-order valence-corrected chi connectivity index (χ1v) is 6.78. The Morgan fingerprint density at radius 1 is 0.867 bits per heavy atom. The van der Waals surface area contributed by atoms with E-state index in [0.29, 0.717) is 0 Å². The Morgan fingerprint density at radius 3 is 1.73 bits per heavy atom. The number of aliphatic hydroxyl groups is 1. The Morgan fingerprint density at radius 2 is 1.33 bits per heavy atom. The molecule has 1 unspecified atom stereocenters. The van der Waals surface area contributed by atoms with Crippen LogP contribution in [0.25, 0.3) is 0 Å². The lowest BCUT2D eigenvalue weighted by Gasteiger charge is -2.22. The fourth-order valence-electron chi connectivity index (χ4n) is 1.87. The number of unbranched alkanes of at least 4 members (excludes halogenated alkanes) is 3. The van der Waals surface area contributed by atoms with Crippen molar-refractivity contribution >= 4 is 0 Å². The lowest BCUT2D eigenvalue weighted by atomic mass is 9.88. The van der Waals surface area contributed by atoms with E-state index in [1.54, 1.807) is 0 Å². The Bertz CT molecular complexity index is 115. The fraction of sp³-hybridized carbons (Fsp3) is 0.929. The molecule has 15 heavy (non-hydrogen) atoms. The predicted molar refractivity (Wildman–Crippen MR) is 67.8 cm³/mol. The van der Waals surface area contributed by atoms with E-state index in [4.69, 9.17) is 0 Å². The van der Waals surface area contributed by atoms with E-state index >= 15 is 0 Å². The largest absolute Gasteiger partial charge is 0.393 e. The molecule has 0 fully saturated rings. The molecule has 1 nitrogen and oxygen atoms in total. The monoisotopic (exact) mass is 213 g/mol. The molecule has 0 spiro atoms. The van der Waals surface area contributed by atoms with Crippen LogP contribution in [0.15, 0.2) is 0 Å². The zero-order chi connectivity index (χ0) is 11.5. The second-order valence-corrected chi connectivity index (χ2v) is 4.52. The Labute approximate surface area is 96.3 Å². The third kappa shape index (κ3) is 7.84. The lowest BCUT2D eigenvalue weighted by molar-refractivity contribution is 0.161. The van der Waals surface area contributed by atoms with Crippen LogP contribution < -0.4 is 0 Å². The summed E-state index contributed by atoms with van der Waals surface area (Å²) >= 11 is 0. The van der Waals surface area contributed by atoms with E-state index in [1.165, 1.54) is 38.0 Å². The van der Waals surface area contributed by atoms with Gasteiger partial charge < -0.3 is 5.11 Å². The van der Waals surface area contributed by atoms with Crippen molar-refractivity contribution in [1.82, 2.24) is 0 Å². The average Bonchev–Trinajstić information content (AvgIpc) is 2.26. The fourth-order valence-corrected chi connectivity index (χ4v) is 1.87. The van der Waals surface area contributed by atoms with Gasteiger partial charge in [0.2, 0.25) is 0 Å². The molecule has 0 amide bonds. The van der Waals surface area contributed by atoms with Crippen LogP contribution in [0.3, 0.4) is 0 Å². The molecule has 0 heterocycles. The molecule has 0 aromatic heterocycles. The van der Waals surface area contributed by atoms with Crippen LogP contribution in [0, 0.1) is 5.92 Å². The standard InChI is InChI=1S/C14H29O/c1-4-7-10-13(11-8-5-2)14(15)12-9-6-3/h14-15H,4-12H2,1-3H3. The first-order valence-electron chi connectivity index (χ1n) is 6.78. The van der Waals surface area contributed by atoms with E-state index in [0.717, 1.165) is 25.7 Å². The molecule has 0 saturated heterocycles. The highest BCUT2D eigenvalue weighted by atomic mass is 16.3. The van der Waals surface area contributed by atoms with Crippen molar-refractivity contribution in [3.63, 3.8) is 0 Å². The summed E-state index contributed by atoms with van der Waals surface area (Å²) in [5, 5.41) is 10.1. The van der Waals surface area contributed by atoms with Crippen LogP contribution in [0.4, 0.5) is 0 Å². The molecule has 0 rings (SSSR count). The van der Waals surface area contributed by atoms with Gasteiger partial charge in [0.15, 0.2) is 0 Å². The highest BCUT2D eigenvalue weighted by Gasteiger charge is 2.17. The molecule has 0 aliphatic carbocycles. The summed E-state index contributed by atoms with van der Waals surface area (Å²) in [4.78, 5) is 0. The summed E-state index contributed by atoms with van der Waals surface area (Å²) < 4.78 is 0. The number of hydrogen-bond donors (Lipinski definition) is 1. The SMILES string of the molecule is CCCC[C](CCCC)C(O)CCCC. The third-order valence-electron chi connectivity index (χ3n) is 3.01. The van der Waals surface area contributed by atoms with Crippen LogP contribution in [-0.2, 0) is 0 Å². The molecule has 0 bridgehead atoms. The number of rotatable bonds is 10. The molecular formula is C14H29O. The minimum absolute atomic E-state index is 0.122. The second kappa shape index (κ2) is 10.5. The molecule has 1 atom stereocenters. The van der Waals surface area contributed by atoms with Crippen molar-refractivity contribution in [2.24, 2.45) is 0 Å². The summed E-state index contributed by atoms with van der Waals surface area (Å²) in [7, 11) is 0. The summed E-state index contributed by atoms with van der Waals surface area (Å²) in [5.41, 5.74) is 0. The Kier molecular flexibility index (Phi) is 10.4. The smallest absolute Gasteiger partial charge is 0.0602 e. The first kappa shape index (κ1) is 15.0. The van der Waals surface area contributed by atoms with Crippen LogP contribution in [0.2, 0.25) is 0 Å². The molecular weight excluding hydrogens is 184 g/mol. The van der Waals surface area contributed by atoms with E-state index < -0.39 is 0 Å². The minimum Gasteiger partial charge on any atom is -0.393 e. The third-order valence-corrected chi connectivity index (χ3v) is 3.01. The van der Waals surface area contributed by atoms with Crippen LogP contribution >= 0.6 is 0 Å². The molecule has 1 N–H and O–H groups in total. The zero-order valence-electron chi connectivity index (χ0n) is 10.9. The van der Waals surface area contributed by atoms with Crippen molar-refractivity contribution < 1.29 is 5.11 Å². The van der Waals surface area contributed by atoms with E-state index in [9.17, 15) is 5.11 Å². The average molecular weight is 213 g/mol. The summed E-state index contributed by atoms with van der Waals surface area (Å²) in [6.07, 6.45) is 10.4. The van der Waals surface area contributed by atoms with E-state index in [2.05, 4.69) is 20.8 Å². The number of hydrogen-bond acceptors (Lipinski definition) is 1. The molecule has 0 aliphatic heterocycles. The maximum atomic E-state index is 10.1. The van der Waals surface area contributed by atoms with E-state index in [-0.39, 0.29) is 6.10 Å². The van der Waals surface area contributed by atoms with Gasteiger partial charge in [0.25, 0.3) is 0 Å². The van der Waals surface area contributed by atoms with Gasteiger partial charge in [-0.3, -0.25) is 0 Å². The predicted octanol–water partition coefficient (Wildman–Crippen LogP) is 4.49. The van der Waals surface area contributed by atoms with Gasteiger partial charge in [0.1, 0.15) is 0 Å². The van der Waals surface area contributed by atoms with Gasteiger partial charge in [-0.15, -0.1) is 0 Å². The van der Waals surface area contributed by atoms with Gasteiger partial charge in [-0.2, -0.15) is 0 Å². The maximum absolute atomic E-state index is 10.1. The lowest BCUT2D eigenvalue weighted by Crippen LogP contribution is -2.18. The van der Waals surface area contributed by atoms with Crippen LogP contribution in [0.1, 0.15) is 78.6 Å². The quantitative estimate of drug-likeness (QED) is 0.567. The molecule has 0 aromatic carbocycles. The van der Waals surface area contributed by atoms with Gasteiger partial charge >= 0.3 is 0 Å². The number of aliphatic hydroxyl groups excluding tert-OH is 1.